The van der Waals surface area contributed by atoms with Crippen LogP contribution in [-0.2, 0) is 0 Å². The van der Waals surface area contributed by atoms with Gasteiger partial charge in [0.25, 0.3) is 0 Å². The number of nitrogens with zero attached hydrogens (tertiary/aromatic N) is 4. The minimum atomic E-state index is -0.888. The molecule has 1 fully saturated rings. The normalized spacial score (nSPS) is 14.0. The molecule has 162 valence electrons. The lowest BCUT2D eigenvalue weighted by Gasteiger charge is -2.29. The SMILES string of the molecule is COc1cc(-c2cccc(F)c2F)cc2c(N3CCCCC3)nc(-c3cccnc3)nc12. The van der Waals surface area contributed by atoms with Gasteiger partial charge in [-0.1, -0.05) is 12.1 Å². The van der Waals surface area contributed by atoms with Crippen molar-refractivity contribution in [3.05, 3.63) is 66.5 Å². The molecule has 4 aromatic rings. The summed E-state index contributed by atoms with van der Waals surface area (Å²) in [6, 6.07) is 11.4. The van der Waals surface area contributed by atoms with Crippen LogP contribution in [0.3, 0.4) is 0 Å². The summed E-state index contributed by atoms with van der Waals surface area (Å²) in [5.41, 5.74) is 2.12. The number of methoxy groups -OCH3 is 1. The van der Waals surface area contributed by atoms with Crippen LogP contribution in [0, 0.1) is 11.6 Å². The van der Waals surface area contributed by atoms with E-state index in [0.29, 0.717) is 22.7 Å². The van der Waals surface area contributed by atoms with Crippen molar-refractivity contribution in [1.29, 1.82) is 0 Å². The molecular weight excluding hydrogens is 410 g/mol. The summed E-state index contributed by atoms with van der Waals surface area (Å²) in [6.07, 6.45) is 6.75. The van der Waals surface area contributed by atoms with E-state index in [1.165, 1.54) is 12.5 Å². The summed E-state index contributed by atoms with van der Waals surface area (Å²) >= 11 is 0. The van der Waals surface area contributed by atoms with Crippen LogP contribution in [0.2, 0.25) is 0 Å². The first-order valence-corrected chi connectivity index (χ1v) is 10.6. The van der Waals surface area contributed by atoms with E-state index in [-0.39, 0.29) is 5.56 Å². The van der Waals surface area contributed by atoms with Crippen LogP contribution < -0.4 is 9.64 Å². The first kappa shape index (κ1) is 20.3. The van der Waals surface area contributed by atoms with Crippen molar-refractivity contribution in [2.75, 3.05) is 25.1 Å². The fourth-order valence-corrected chi connectivity index (χ4v) is 4.19. The molecule has 0 spiro atoms. The topological polar surface area (TPSA) is 51.1 Å². The second-order valence-electron chi connectivity index (χ2n) is 7.84. The molecule has 1 aliphatic rings. The molecule has 0 amide bonds. The van der Waals surface area contributed by atoms with Gasteiger partial charge in [0.1, 0.15) is 17.1 Å². The van der Waals surface area contributed by atoms with Crippen LogP contribution in [0.5, 0.6) is 5.75 Å². The Kier molecular flexibility index (Phi) is 5.39. The van der Waals surface area contributed by atoms with Crippen LogP contribution in [0.1, 0.15) is 19.3 Å². The monoisotopic (exact) mass is 432 g/mol. The highest BCUT2D eigenvalue weighted by Crippen LogP contribution is 2.38. The fourth-order valence-electron chi connectivity index (χ4n) is 4.19. The molecular formula is C25H22F2N4O. The molecule has 3 heterocycles. The highest BCUT2D eigenvalue weighted by atomic mass is 19.2. The predicted octanol–water partition coefficient (Wildman–Crippen LogP) is 5.64. The first-order chi connectivity index (χ1) is 15.7. The standard InChI is InChI=1S/C25H22F2N4O/c1-32-21-14-17(18-8-5-9-20(26)22(18)27)13-19-23(21)29-24(16-7-6-10-28-15-16)30-25(19)31-11-3-2-4-12-31/h5-10,13-15H,2-4,11-12H2,1H3. The van der Waals surface area contributed by atoms with Crippen LogP contribution in [0.4, 0.5) is 14.6 Å². The highest BCUT2D eigenvalue weighted by Gasteiger charge is 2.22. The Bertz CT molecular complexity index is 1270. The van der Waals surface area contributed by atoms with Gasteiger partial charge in [0, 0.05) is 42.0 Å². The van der Waals surface area contributed by atoms with Gasteiger partial charge in [-0.3, -0.25) is 4.98 Å². The van der Waals surface area contributed by atoms with E-state index in [9.17, 15) is 8.78 Å². The fraction of sp³-hybridized carbons (Fsp3) is 0.240. The number of fused-ring (bicyclic) bond motifs is 1. The van der Waals surface area contributed by atoms with E-state index in [2.05, 4.69) is 9.88 Å². The molecule has 2 aromatic heterocycles. The summed E-state index contributed by atoms with van der Waals surface area (Å²) in [7, 11) is 1.55. The number of aromatic nitrogens is 3. The number of hydrogen-bond donors (Lipinski definition) is 0. The molecule has 1 saturated heterocycles. The zero-order valence-corrected chi connectivity index (χ0v) is 17.7. The van der Waals surface area contributed by atoms with Gasteiger partial charge in [0.15, 0.2) is 17.5 Å². The maximum atomic E-state index is 14.6. The minimum absolute atomic E-state index is 0.172. The molecule has 7 heteroatoms. The zero-order chi connectivity index (χ0) is 22.1. The third kappa shape index (κ3) is 3.64. The van der Waals surface area contributed by atoms with Crippen molar-refractivity contribution < 1.29 is 13.5 Å². The molecule has 0 saturated carbocycles. The van der Waals surface area contributed by atoms with E-state index in [0.717, 1.165) is 48.8 Å². The second kappa shape index (κ2) is 8.49. The van der Waals surface area contributed by atoms with Gasteiger partial charge < -0.3 is 9.64 Å². The highest BCUT2D eigenvalue weighted by molar-refractivity contribution is 5.98. The van der Waals surface area contributed by atoms with Crippen LogP contribution in [0.25, 0.3) is 33.4 Å². The molecule has 0 N–H and O–H groups in total. The Balaban J connectivity index is 1.78. The maximum absolute atomic E-state index is 14.6. The van der Waals surface area contributed by atoms with Crippen LogP contribution in [0.15, 0.2) is 54.9 Å². The Morgan fingerprint density at radius 2 is 1.78 bits per heavy atom. The number of anilines is 1. The van der Waals surface area contributed by atoms with Crippen molar-refractivity contribution in [3.8, 4) is 28.3 Å². The van der Waals surface area contributed by atoms with Crippen LogP contribution >= 0.6 is 0 Å². The number of halogens is 2. The Morgan fingerprint density at radius 3 is 2.53 bits per heavy atom. The Morgan fingerprint density at radius 1 is 0.938 bits per heavy atom. The summed E-state index contributed by atoms with van der Waals surface area (Å²) in [5.74, 6) is 0.0222. The quantitative estimate of drug-likeness (QED) is 0.418. The number of hydrogen-bond acceptors (Lipinski definition) is 5. The molecule has 0 bridgehead atoms. The van der Waals surface area contributed by atoms with Gasteiger partial charge in [-0.05, 0) is 55.2 Å². The number of piperidine rings is 1. The molecule has 1 aliphatic heterocycles. The second-order valence-corrected chi connectivity index (χ2v) is 7.84. The van der Waals surface area contributed by atoms with E-state index >= 15 is 0 Å². The van der Waals surface area contributed by atoms with E-state index in [1.807, 2.05) is 18.2 Å². The summed E-state index contributed by atoms with van der Waals surface area (Å²) in [5, 5.41) is 0.748. The van der Waals surface area contributed by atoms with Gasteiger partial charge in [-0.2, -0.15) is 0 Å². The molecule has 2 aromatic carbocycles. The predicted molar refractivity (Wildman–Crippen MR) is 121 cm³/mol. The molecule has 32 heavy (non-hydrogen) atoms. The van der Waals surface area contributed by atoms with Gasteiger partial charge >= 0.3 is 0 Å². The molecule has 0 atom stereocenters. The van der Waals surface area contributed by atoms with Gasteiger partial charge in [0.2, 0.25) is 0 Å². The van der Waals surface area contributed by atoms with E-state index < -0.39 is 11.6 Å². The zero-order valence-electron chi connectivity index (χ0n) is 17.7. The molecule has 0 aliphatic carbocycles. The van der Waals surface area contributed by atoms with E-state index in [4.69, 9.17) is 14.7 Å². The van der Waals surface area contributed by atoms with Crippen molar-refractivity contribution >= 4 is 16.7 Å². The minimum Gasteiger partial charge on any atom is -0.494 e. The number of pyridine rings is 1. The van der Waals surface area contributed by atoms with Gasteiger partial charge in [-0.15, -0.1) is 0 Å². The summed E-state index contributed by atoms with van der Waals surface area (Å²) < 4.78 is 34.2. The molecule has 5 nitrogen and oxygen atoms in total. The van der Waals surface area contributed by atoms with Gasteiger partial charge in [-0.25, -0.2) is 18.7 Å². The average molecular weight is 432 g/mol. The third-order valence-corrected chi connectivity index (χ3v) is 5.80. The largest absolute Gasteiger partial charge is 0.494 e. The Labute approximate surface area is 184 Å². The summed E-state index contributed by atoms with van der Waals surface area (Å²) in [6.45, 7) is 1.75. The maximum Gasteiger partial charge on any atom is 0.166 e. The van der Waals surface area contributed by atoms with Crippen molar-refractivity contribution in [3.63, 3.8) is 0 Å². The van der Waals surface area contributed by atoms with Crippen molar-refractivity contribution in [2.45, 2.75) is 19.3 Å². The lowest BCUT2D eigenvalue weighted by Crippen LogP contribution is -2.30. The third-order valence-electron chi connectivity index (χ3n) is 5.80. The Hall–Kier alpha value is -3.61. The number of rotatable bonds is 4. The van der Waals surface area contributed by atoms with Gasteiger partial charge in [0.05, 0.1) is 7.11 Å². The summed E-state index contributed by atoms with van der Waals surface area (Å²) in [4.78, 5) is 16.1. The lowest BCUT2D eigenvalue weighted by molar-refractivity contribution is 0.419. The van der Waals surface area contributed by atoms with Crippen molar-refractivity contribution in [2.24, 2.45) is 0 Å². The molecule has 0 radical (unpaired) electrons. The number of benzene rings is 2. The molecule has 0 unspecified atom stereocenters. The smallest absolute Gasteiger partial charge is 0.166 e. The van der Waals surface area contributed by atoms with E-state index in [1.54, 1.807) is 31.6 Å². The lowest BCUT2D eigenvalue weighted by atomic mass is 10.0. The molecule has 5 rings (SSSR count). The van der Waals surface area contributed by atoms with Crippen LogP contribution in [-0.4, -0.2) is 35.2 Å². The number of ether oxygens (including phenoxy) is 1. The average Bonchev–Trinajstić information content (AvgIpc) is 2.85. The first-order valence-electron chi connectivity index (χ1n) is 10.6. The van der Waals surface area contributed by atoms with Crippen molar-refractivity contribution in [1.82, 2.24) is 15.0 Å².